The molecule has 2 rings (SSSR count). The van der Waals surface area contributed by atoms with E-state index in [1.165, 1.54) is 23.1 Å². The maximum absolute atomic E-state index is 12.6. The van der Waals surface area contributed by atoms with Crippen molar-refractivity contribution in [3.8, 4) is 6.07 Å². The molecule has 1 aromatic carbocycles. The van der Waals surface area contributed by atoms with Gasteiger partial charge >= 0.3 is 12.1 Å². The Bertz CT molecular complexity index is 578. The zero-order valence-corrected chi connectivity index (χ0v) is 10.3. The Balaban J connectivity index is 2.25. The van der Waals surface area contributed by atoms with Crippen molar-refractivity contribution >= 4 is 11.7 Å². The number of fused-ring (bicyclic) bond motifs is 1. The Kier molecular flexibility index (Phi) is 3.57. The van der Waals surface area contributed by atoms with E-state index in [0.717, 1.165) is 5.56 Å². The summed E-state index contributed by atoms with van der Waals surface area (Å²) < 4.78 is 37.8. The van der Waals surface area contributed by atoms with Gasteiger partial charge in [0.2, 0.25) is 0 Å². The molecule has 1 N–H and O–H groups in total. The van der Waals surface area contributed by atoms with Crippen LogP contribution in [0.15, 0.2) is 18.2 Å². The number of anilines is 1. The topological polar surface area (TPSA) is 64.3 Å². The summed E-state index contributed by atoms with van der Waals surface area (Å²) in [5, 5.41) is 17.5. The van der Waals surface area contributed by atoms with Crippen molar-refractivity contribution in [3.05, 3.63) is 29.3 Å². The second kappa shape index (κ2) is 5.04. The predicted molar refractivity (Wildman–Crippen MR) is 64.5 cm³/mol. The van der Waals surface area contributed by atoms with Gasteiger partial charge in [-0.1, -0.05) is 6.07 Å². The monoisotopic (exact) mass is 284 g/mol. The van der Waals surface area contributed by atoms with Gasteiger partial charge in [0.15, 0.2) is 5.92 Å². The van der Waals surface area contributed by atoms with Crippen LogP contribution in [0.3, 0.4) is 0 Å². The molecule has 1 aliphatic heterocycles. The van der Waals surface area contributed by atoms with Crippen LogP contribution in [0.1, 0.15) is 15.9 Å². The average Bonchev–Trinajstić information content (AvgIpc) is 2.76. The lowest BCUT2D eigenvalue weighted by molar-refractivity contribution is -0.156. The van der Waals surface area contributed by atoms with E-state index >= 15 is 0 Å². The van der Waals surface area contributed by atoms with Gasteiger partial charge < -0.3 is 10.0 Å². The molecule has 20 heavy (non-hydrogen) atoms. The Morgan fingerprint density at radius 1 is 1.50 bits per heavy atom. The standard InChI is InChI=1S/C13H11F3N2O2/c14-13(15,16)10(6-17)7-18-4-3-8-1-2-9(12(19)20)5-11(8)18/h1-2,5,10H,3-4,7H2,(H,19,20). The Morgan fingerprint density at radius 2 is 2.20 bits per heavy atom. The molecule has 7 heteroatoms. The molecule has 0 spiro atoms. The molecule has 0 aliphatic carbocycles. The highest BCUT2D eigenvalue weighted by Crippen LogP contribution is 2.33. The van der Waals surface area contributed by atoms with Gasteiger partial charge in [-0.25, -0.2) is 4.79 Å². The molecule has 1 aromatic rings. The third kappa shape index (κ3) is 2.69. The number of halogens is 3. The highest BCUT2D eigenvalue weighted by Gasteiger charge is 2.41. The predicted octanol–water partition coefficient (Wildman–Crippen LogP) is 2.45. The lowest BCUT2D eigenvalue weighted by atomic mass is 10.1. The number of carboxylic acids is 1. The van der Waals surface area contributed by atoms with Crippen LogP contribution in [0, 0.1) is 17.2 Å². The number of hydrogen-bond donors (Lipinski definition) is 1. The van der Waals surface area contributed by atoms with Crippen LogP contribution in [0.5, 0.6) is 0 Å². The van der Waals surface area contributed by atoms with Crippen LogP contribution >= 0.6 is 0 Å². The fourth-order valence-corrected chi connectivity index (χ4v) is 2.21. The second-order valence-corrected chi connectivity index (χ2v) is 4.57. The first-order valence-electron chi connectivity index (χ1n) is 5.90. The smallest absolute Gasteiger partial charge is 0.406 e. The van der Waals surface area contributed by atoms with Crippen LogP contribution in [0.4, 0.5) is 18.9 Å². The van der Waals surface area contributed by atoms with E-state index in [2.05, 4.69) is 0 Å². The maximum Gasteiger partial charge on any atom is 0.406 e. The van der Waals surface area contributed by atoms with Gasteiger partial charge in [0.25, 0.3) is 0 Å². The Hall–Kier alpha value is -2.23. The molecule has 4 nitrogen and oxygen atoms in total. The van der Waals surface area contributed by atoms with Crippen LogP contribution in [-0.4, -0.2) is 30.3 Å². The zero-order chi connectivity index (χ0) is 14.9. The van der Waals surface area contributed by atoms with Crippen molar-refractivity contribution in [3.63, 3.8) is 0 Å². The van der Waals surface area contributed by atoms with Gasteiger partial charge in [0.1, 0.15) is 0 Å². The molecule has 1 heterocycles. The molecule has 0 amide bonds. The quantitative estimate of drug-likeness (QED) is 0.926. The molecule has 0 radical (unpaired) electrons. The van der Waals surface area contributed by atoms with Crippen molar-refractivity contribution in [2.24, 2.45) is 5.92 Å². The fourth-order valence-electron chi connectivity index (χ4n) is 2.21. The number of nitrogens with zero attached hydrogens (tertiary/aromatic N) is 2. The molecule has 0 bridgehead atoms. The third-order valence-electron chi connectivity index (χ3n) is 3.28. The molecule has 1 atom stereocenters. The van der Waals surface area contributed by atoms with Crippen molar-refractivity contribution < 1.29 is 23.1 Å². The summed E-state index contributed by atoms with van der Waals surface area (Å²) in [4.78, 5) is 12.3. The van der Waals surface area contributed by atoms with Gasteiger partial charge in [-0.2, -0.15) is 18.4 Å². The summed E-state index contributed by atoms with van der Waals surface area (Å²) in [6.07, 6.45) is -4.03. The van der Waals surface area contributed by atoms with E-state index in [1.54, 1.807) is 6.07 Å². The first-order valence-corrected chi connectivity index (χ1v) is 5.90. The number of aromatic carboxylic acids is 1. The molecule has 1 aliphatic rings. The minimum absolute atomic E-state index is 0.0242. The van der Waals surface area contributed by atoms with E-state index in [0.29, 0.717) is 18.7 Å². The van der Waals surface area contributed by atoms with E-state index in [9.17, 15) is 18.0 Å². The molecular formula is C13H11F3N2O2. The zero-order valence-electron chi connectivity index (χ0n) is 10.3. The number of nitriles is 1. The minimum Gasteiger partial charge on any atom is -0.478 e. The first-order chi connectivity index (χ1) is 9.32. The molecule has 1 unspecified atom stereocenters. The SMILES string of the molecule is N#CC(CN1CCc2ccc(C(=O)O)cc21)C(F)(F)F. The number of benzene rings is 1. The Labute approximate surface area is 113 Å². The first kappa shape index (κ1) is 14.2. The van der Waals surface area contributed by atoms with Gasteiger partial charge in [-0.05, 0) is 24.1 Å². The average molecular weight is 284 g/mol. The van der Waals surface area contributed by atoms with E-state index in [4.69, 9.17) is 10.4 Å². The minimum atomic E-state index is -4.58. The van der Waals surface area contributed by atoms with Crippen molar-refractivity contribution in [1.29, 1.82) is 5.26 Å². The van der Waals surface area contributed by atoms with Crippen molar-refractivity contribution in [2.45, 2.75) is 12.6 Å². The van der Waals surface area contributed by atoms with Gasteiger partial charge in [-0.15, -0.1) is 0 Å². The number of hydrogen-bond acceptors (Lipinski definition) is 3. The number of carboxylic acid groups (broad SMARTS) is 1. The van der Waals surface area contributed by atoms with Crippen LogP contribution in [0.2, 0.25) is 0 Å². The molecule has 0 saturated carbocycles. The number of carbonyl (C=O) groups is 1. The highest BCUT2D eigenvalue weighted by atomic mass is 19.4. The van der Waals surface area contributed by atoms with Crippen LogP contribution < -0.4 is 4.90 Å². The fraction of sp³-hybridized carbons (Fsp3) is 0.385. The normalized spacial score (nSPS) is 15.6. The van der Waals surface area contributed by atoms with Gasteiger partial charge in [0.05, 0.1) is 11.6 Å². The van der Waals surface area contributed by atoms with Gasteiger partial charge in [-0.3, -0.25) is 0 Å². The Morgan fingerprint density at radius 3 is 2.75 bits per heavy atom. The third-order valence-corrected chi connectivity index (χ3v) is 3.28. The largest absolute Gasteiger partial charge is 0.478 e. The van der Waals surface area contributed by atoms with Crippen molar-refractivity contribution in [2.75, 3.05) is 18.0 Å². The molecular weight excluding hydrogens is 273 g/mol. The second-order valence-electron chi connectivity index (χ2n) is 4.57. The van der Waals surface area contributed by atoms with E-state index in [-0.39, 0.29) is 5.56 Å². The van der Waals surface area contributed by atoms with Crippen LogP contribution in [-0.2, 0) is 6.42 Å². The summed E-state index contributed by atoms with van der Waals surface area (Å²) in [6, 6.07) is 5.64. The number of alkyl halides is 3. The maximum atomic E-state index is 12.6. The van der Waals surface area contributed by atoms with E-state index in [1.807, 2.05) is 0 Å². The summed E-state index contributed by atoms with van der Waals surface area (Å²) >= 11 is 0. The molecule has 0 aromatic heterocycles. The molecule has 0 fully saturated rings. The molecule has 0 saturated heterocycles. The summed E-state index contributed by atoms with van der Waals surface area (Å²) in [7, 11) is 0. The lowest BCUT2D eigenvalue weighted by Gasteiger charge is -2.23. The van der Waals surface area contributed by atoms with E-state index < -0.39 is 24.6 Å². The summed E-state index contributed by atoms with van der Waals surface area (Å²) in [6.45, 7) is -0.122. The molecule has 106 valence electrons. The van der Waals surface area contributed by atoms with Gasteiger partial charge in [0, 0.05) is 18.8 Å². The van der Waals surface area contributed by atoms with Crippen molar-refractivity contribution in [1.82, 2.24) is 0 Å². The highest BCUT2D eigenvalue weighted by molar-refractivity contribution is 5.89. The number of rotatable bonds is 3. The summed E-state index contributed by atoms with van der Waals surface area (Å²) in [5.41, 5.74) is 1.29. The summed E-state index contributed by atoms with van der Waals surface area (Å²) in [5.74, 6) is -3.21. The lowest BCUT2D eigenvalue weighted by Crippen LogP contribution is -2.35. The van der Waals surface area contributed by atoms with Crippen LogP contribution in [0.25, 0.3) is 0 Å².